The predicted molar refractivity (Wildman–Crippen MR) is 369 cm³/mol. The van der Waals surface area contributed by atoms with Crippen LogP contribution in [0.15, 0.2) is 36.5 Å². The van der Waals surface area contributed by atoms with E-state index in [0.717, 1.165) is 51.4 Å². The van der Waals surface area contributed by atoms with Crippen LogP contribution in [0, 0.1) is 0 Å². The topological polar surface area (TPSA) is 108 Å². The Balaban J connectivity index is 3.99. The van der Waals surface area contributed by atoms with Crippen molar-refractivity contribution < 1.29 is 42.9 Å². The maximum absolute atomic E-state index is 13.0. The molecule has 0 saturated heterocycles. The zero-order chi connectivity index (χ0) is 62.6. The van der Waals surface area contributed by atoms with Gasteiger partial charge in [-0.2, -0.15) is 0 Å². The van der Waals surface area contributed by atoms with E-state index in [0.29, 0.717) is 17.4 Å². The second-order valence-electron chi connectivity index (χ2n) is 27.0. The number of carboxylic acids is 1. The highest BCUT2D eigenvalue weighted by Gasteiger charge is 2.25. The highest BCUT2D eigenvalue weighted by Crippen LogP contribution is 2.19. The molecule has 2 unspecified atom stereocenters. The van der Waals surface area contributed by atoms with Crippen LogP contribution < -0.4 is 0 Å². The quantitative estimate of drug-likeness (QED) is 0.0211. The molecule has 0 rings (SSSR count). The average molecular weight is 1210 g/mol. The molecule has 0 spiro atoms. The Kier molecular flexibility index (Phi) is 66.4. The van der Waals surface area contributed by atoms with Gasteiger partial charge in [-0.25, -0.2) is 4.79 Å². The summed E-state index contributed by atoms with van der Waals surface area (Å²) in [4.78, 5) is 37.7. The monoisotopic (exact) mass is 1210 g/mol. The van der Waals surface area contributed by atoms with Gasteiger partial charge in [0.2, 0.25) is 0 Å². The number of carboxylic acid groups (broad SMARTS) is 1. The smallest absolute Gasteiger partial charge is 0.361 e. The van der Waals surface area contributed by atoms with Gasteiger partial charge in [-0.15, -0.1) is 0 Å². The van der Waals surface area contributed by atoms with E-state index in [1.165, 1.54) is 302 Å². The molecular weight excluding hydrogens is 1070 g/mol. The molecule has 0 fully saturated rings. The van der Waals surface area contributed by atoms with E-state index >= 15 is 0 Å². The lowest BCUT2D eigenvalue weighted by atomic mass is 10.0. The summed E-state index contributed by atoms with van der Waals surface area (Å²) in [5.74, 6) is -1.97. The first-order valence-corrected chi connectivity index (χ1v) is 37.7. The van der Waals surface area contributed by atoms with Crippen LogP contribution in [0.3, 0.4) is 0 Å². The predicted octanol–water partition coefficient (Wildman–Crippen LogP) is 23.5. The van der Waals surface area contributed by atoms with Gasteiger partial charge >= 0.3 is 17.9 Å². The maximum atomic E-state index is 13.0. The van der Waals surface area contributed by atoms with Gasteiger partial charge in [0.1, 0.15) is 13.2 Å². The molecule has 0 aliphatic heterocycles. The van der Waals surface area contributed by atoms with Gasteiger partial charge in [0, 0.05) is 12.8 Å². The molecule has 0 heterocycles. The maximum Gasteiger partial charge on any atom is 0.361 e. The molecule has 0 radical (unpaired) electrons. The van der Waals surface area contributed by atoms with Crippen molar-refractivity contribution in [1.29, 1.82) is 0 Å². The van der Waals surface area contributed by atoms with Crippen LogP contribution in [0.1, 0.15) is 380 Å². The van der Waals surface area contributed by atoms with Crippen LogP contribution >= 0.6 is 0 Å². The summed E-state index contributed by atoms with van der Waals surface area (Å²) in [5.41, 5.74) is 0. The standard InChI is InChI=1S/C77H145NO8/c1-6-8-10-12-14-16-18-20-22-24-26-28-30-32-33-34-35-36-37-38-39-40-41-42-43-44-46-48-50-52-54-56-58-60-62-64-66-68-75(80)86-73(72-85-77(76(81)82)83-70-69-78(3,4)5)71-84-74(79)67-65-63-61-59-57-55-53-51-49-47-45-31-29-27-25-23-21-19-17-15-13-11-9-7-2/h18,20,24,26,30,32,73,77H,6-17,19,21-23,25,27-29,31,33-72H2,1-5H3/p+1/b20-18-,26-24-,32-30-. The van der Waals surface area contributed by atoms with Crippen molar-refractivity contribution in [2.45, 2.75) is 392 Å². The Morgan fingerprint density at radius 1 is 0.349 bits per heavy atom. The lowest BCUT2D eigenvalue weighted by molar-refractivity contribution is -0.870. The number of hydrogen-bond donors (Lipinski definition) is 1. The first kappa shape index (κ1) is 83.5. The summed E-state index contributed by atoms with van der Waals surface area (Å²) >= 11 is 0. The van der Waals surface area contributed by atoms with Gasteiger partial charge in [0.05, 0.1) is 34.4 Å². The number of aliphatic carboxylic acids is 1. The molecule has 9 nitrogen and oxygen atoms in total. The van der Waals surface area contributed by atoms with Crippen molar-refractivity contribution in [3.8, 4) is 0 Å². The highest BCUT2D eigenvalue weighted by atomic mass is 16.7. The minimum Gasteiger partial charge on any atom is -0.477 e. The third-order valence-corrected chi connectivity index (χ3v) is 17.1. The molecule has 1 N–H and O–H groups in total. The van der Waals surface area contributed by atoms with Crippen molar-refractivity contribution in [3.63, 3.8) is 0 Å². The van der Waals surface area contributed by atoms with Crippen LogP contribution in [-0.2, 0) is 33.3 Å². The number of carbonyl (C=O) groups excluding carboxylic acids is 2. The summed E-state index contributed by atoms with van der Waals surface area (Å²) in [6.45, 7) is 4.94. The first-order chi connectivity index (χ1) is 42.1. The van der Waals surface area contributed by atoms with Crippen molar-refractivity contribution >= 4 is 17.9 Å². The lowest BCUT2D eigenvalue weighted by Gasteiger charge is -2.25. The van der Waals surface area contributed by atoms with Gasteiger partial charge in [-0.05, 0) is 51.4 Å². The second-order valence-corrected chi connectivity index (χ2v) is 27.0. The SMILES string of the molecule is CCCCCCC/C=C\C/C=C\C/C=C\CCCCCCCCCCCCCCCCCCCCCCCCC(=O)OC(COC(=O)CCCCCCCCCCCCCCCCCCCCCCCCCC)COC(OCC[N+](C)(C)C)C(=O)O. The number of quaternary nitrogens is 1. The molecule has 0 aliphatic carbocycles. The minimum atomic E-state index is -1.51. The Hall–Kier alpha value is -2.49. The molecule has 0 aromatic carbocycles. The van der Waals surface area contributed by atoms with Gasteiger partial charge in [0.15, 0.2) is 6.10 Å². The largest absolute Gasteiger partial charge is 0.477 e. The summed E-state index contributed by atoms with van der Waals surface area (Å²) in [5, 5.41) is 9.76. The average Bonchev–Trinajstić information content (AvgIpc) is 3.64. The van der Waals surface area contributed by atoms with Crippen molar-refractivity contribution in [3.05, 3.63) is 36.5 Å². The van der Waals surface area contributed by atoms with E-state index in [9.17, 15) is 19.5 Å². The van der Waals surface area contributed by atoms with Crippen molar-refractivity contribution in [2.75, 3.05) is 47.5 Å². The van der Waals surface area contributed by atoms with Crippen LogP contribution in [0.2, 0.25) is 0 Å². The molecule has 0 saturated carbocycles. The van der Waals surface area contributed by atoms with Gasteiger partial charge in [-0.1, -0.05) is 352 Å². The summed E-state index contributed by atoms with van der Waals surface area (Å²) in [6, 6.07) is 0. The molecule has 0 amide bonds. The Labute approximate surface area is 534 Å². The molecule has 2 atom stereocenters. The Morgan fingerprint density at radius 2 is 0.628 bits per heavy atom. The molecule has 9 heteroatoms. The van der Waals surface area contributed by atoms with Gasteiger partial charge < -0.3 is 28.5 Å². The number of hydrogen-bond acceptors (Lipinski definition) is 7. The van der Waals surface area contributed by atoms with E-state index in [2.05, 4.69) is 50.3 Å². The zero-order valence-electron chi connectivity index (χ0n) is 58.0. The van der Waals surface area contributed by atoms with Crippen molar-refractivity contribution in [1.82, 2.24) is 0 Å². The third kappa shape index (κ3) is 69.0. The van der Waals surface area contributed by atoms with Crippen LogP contribution in [-0.4, -0.2) is 87.4 Å². The number of esters is 2. The molecule has 0 aromatic rings. The number of carbonyl (C=O) groups is 3. The van der Waals surface area contributed by atoms with Crippen LogP contribution in [0.25, 0.3) is 0 Å². The summed E-state index contributed by atoms with van der Waals surface area (Å²) in [7, 11) is 6.00. The lowest BCUT2D eigenvalue weighted by Crippen LogP contribution is -2.40. The number of nitrogens with zero attached hydrogens (tertiary/aromatic N) is 1. The molecule has 0 aliphatic rings. The zero-order valence-corrected chi connectivity index (χ0v) is 58.0. The number of rotatable bonds is 71. The summed E-state index contributed by atoms with van der Waals surface area (Å²) < 4.78 is 23.0. The highest BCUT2D eigenvalue weighted by molar-refractivity contribution is 5.71. The third-order valence-electron chi connectivity index (χ3n) is 17.1. The van der Waals surface area contributed by atoms with Gasteiger partial charge in [-0.3, -0.25) is 9.59 Å². The molecule has 506 valence electrons. The minimum absolute atomic E-state index is 0.175. The van der Waals surface area contributed by atoms with E-state index < -0.39 is 18.4 Å². The van der Waals surface area contributed by atoms with Gasteiger partial charge in [0.25, 0.3) is 6.29 Å². The fourth-order valence-corrected chi connectivity index (χ4v) is 11.4. The molecular formula is C77H146NO8+. The number of unbranched alkanes of at least 4 members (excludes halogenated alkanes) is 50. The summed E-state index contributed by atoms with van der Waals surface area (Å²) in [6.07, 6.45) is 84.3. The normalized spacial score (nSPS) is 12.8. The van der Waals surface area contributed by atoms with E-state index in [-0.39, 0.29) is 38.2 Å². The van der Waals surface area contributed by atoms with E-state index in [1.807, 2.05) is 21.1 Å². The number of likely N-dealkylation sites (N-methyl/N-ethyl adjacent to an activating group) is 1. The van der Waals surface area contributed by atoms with Crippen molar-refractivity contribution in [2.24, 2.45) is 0 Å². The molecule has 86 heavy (non-hydrogen) atoms. The number of allylic oxidation sites excluding steroid dienone is 6. The first-order valence-electron chi connectivity index (χ1n) is 37.7. The van der Waals surface area contributed by atoms with E-state index in [1.54, 1.807) is 0 Å². The fourth-order valence-electron chi connectivity index (χ4n) is 11.4. The van der Waals surface area contributed by atoms with Crippen LogP contribution in [0.5, 0.6) is 0 Å². The number of ether oxygens (including phenoxy) is 4. The Bertz CT molecular complexity index is 1500. The van der Waals surface area contributed by atoms with E-state index in [4.69, 9.17) is 18.9 Å². The molecule has 0 bridgehead atoms. The second kappa shape index (κ2) is 68.4. The fraction of sp³-hybridized carbons (Fsp3) is 0.883. The molecule has 0 aromatic heterocycles. The van der Waals surface area contributed by atoms with Crippen LogP contribution in [0.4, 0.5) is 0 Å². The Morgan fingerprint density at radius 3 is 0.930 bits per heavy atom.